The molecule has 100 valence electrons. The summed E-state index contributed by atoms with van der Waals surface area (Å²) >= 11 is 1.53. The highest BCUT2D eigenvalue weighted by Crippen LogP contribution is 2.29. The third-order valence-electron chi connectivity index (χ3n) is 2.69. The Kier molecular flexibility index (Phi) is 3.53. The first kappa shape index (κ1) is 13.5. The number of carboxylic acid groups (broad SMARTS) is 1. The summed E-state index contributed by atoms with van der Waals surface area (Å²) in [6, 6.07) is 1.73. The second-order valence-corrected chi connectivity index (χ2v) is 5.66. The van der Waals surface area contributed by atoms with Gasteiger partial charge in [-0.2, -0.15) is 0 Å². The number of aromatic carboxylic acids is 1. The molecule has 0 aromatic carbocycles. The number of rotatable bonds is 4. The van der Waals surface area contributed by atoms with Crippen LogP contribution in [0.15, 0.2) is 23.8 Å². The van der Waals surface area contributed by atoms with Crippen molar-refractivity contribution in [1.82, 2.24) is 9.97 Å². The lowest BCUT2D eigenvalue weighted by Gasteiger charge is -2.26. The quantitative estimate of drug-likeness (QED) is 0.898. The molecule has 0 aliphatic heterocycles. The lowest BCUT2D eigenvalue weighted by atomic mass is 10.0. The monoisotopic (exact) mass is 277 g/mol. The maximum atomic E-state index is 11.2. The minimum atomic E-state index is -0.995. The number of nitrogens with one attached hydrogen (secondary N) is 1. The molecule has 2 aromatic rings. The van der Waals surface area contributed by atoms with E-state index >= 15 is 0 Å². The van der Waals surface area contributed by atoms with Gasteiger partial charge in [-0.05, 0) is 26.8 Å². The van der Waals surface area contributed by atoms with Gasteiger partial charge in [-0.3, -0.25) is 4.98 Å². The average molecular weight is 277 g/mol. The summed E-state index contributed by atoms with van der Waals surface area (Å²) in [6.45, 7) is 5.76. The Hall–Kier alpha value is -1.95. The molecule has 19 heavy (non-hydrogen) atoms. The molecule has 5 nitrogen and oxygen atoms in total. The van der Waals surface area contributed by atoms with Crippen LogP contribution in [0.2, 0.25) is 0 Å². The van der Waals surface area contributed by atoms with E-state index in [0.29, 0.717) is 5.69 Å². The zero-order valence-corrected chi connectivity index (χ0v) is 11.8. The molecule has 0 radical (unpaired) electrons. The number of hydrogen-bond acceptors (Lipinski definition) is 5. The van der Waals surface area contributed by atoms with Gasteiger partial charge in [-0.25, -0.2) is 9.78 Å². The van der Waals surface area contributed by atoms with Crippen LogP contribution in [0.3, 0.4) is 0 Å². The van der Waals surface area contributed by atoms with Crippen molar-refractivity contribution in [2.24, 2.45) is 0 Å². The minimum absolute atomic E-state index is 0.162. The number of nitrogens with zero attached hydrogens (tertiary/aromatic N) is 2. The predicted octanol–water partition coefficient (Wildman–Crippen LogP) is 2.89. The zero-order valence-electron chi connectivity index (χ0n) is 11.0. The smallest absolute Gasteiger partial charge is 0.339 e. The molecule has 0 amide bonds. The van der Waals surface area contributed by atoms with Crippen molar-refractivity contribution < 1.29 is 9.90 Å². The van der Waals surface area contributed by atoms with E-state index in [1.807, 2.05) is 26.2 Å². The van der Waals surface area contributed by atoms with Gasteiger partial charge in [-0.15, -0.1) is 11.3 Å². The van der Waals surface area contributed by atoms with Crippen LogP contribution >= 0.6 is 11.3 Å². The Morgan fingerprint density at radius 3 is 2.74 bits per heavy atom. The topological polar surface area (TPSA) is 75.1 Å². The molecule has 0 unspecified atom stereocenters. The van der Waals surface area contributed by atoms with Crippen LogP contribution in [0.1, 0.15) is 34.9 Å². The highest BCUT2D eigenvalue weighted by molar-refractivity contribution is 7.09. The zero-order chi connectivity index (χ0) is 14.0. The molecule has 0 bridgehead atoms. The van der Waals surface area contributed by atoms with Gasteiger partial charge in [-0.1, -0.05) is 0 Å². The van der Waals surface area contributed by atoms with Crippen molar-refractivity contribution in [2.45, 2.75) is 26.3 Å². The first-order chi connectivity index (χ1) is 8.90. The van der Waals surface area contributed by atoms with Gasteiger partial charge in [0.25, 0.3) is 0 Å². The SMILES string of the molecule is Cc1cc(NC(C)(C)c2nccs2)c(C(=O)O)cn1. The van der Waals surface area contributed by atoms with Gasteiger partial charge < -0.3 is 10.4 Å². The summed E-state index contributed by atoms with van der Waals surface area (Å²) in [7, 11) is 0. The summed E-state index contributed by atoms with van der Waals surface area (Å²) in [5, 5.41) is 15.2. The summed E-state index contributed by atoms with van der Waals surface area (Å²) < 4.78 is 0. The highest BCUT2D eigenvalue weighted by Gasteiger charge is 2.25. The standard InChI is InChI=1S/C13H15N3O2S/c1-8-6-10(9(7-15-8)11(17)18)16-13(2,3)12-14-4-5-19-12/h4-7H,1-3H3,(H,15,16)(H,17,18). The minimum Gasteiger partial charge on any atom is -0.478 e. The van der Waals surface area contributed by atoms with E-state index in [-0.39, 0.29) is 5.56 Å². The van der Waals surface area contributed by atoms with Gasteiger partial charge in [0.05, 0.1) is 11.2 Å². The van der Waals surface area contributed by atoms with Crippen LogP contribution < -0.4 is 5.32 Å². The van der Waals surface area contributed by atoms with Crippen LogP contribution in [0.4, 0.5) is 5.69 Å². The van der Waals surface area contributed by atoms with Crippen LogP contribution in [0, 0.1) is 6.92 Å². The van der Waals surface area contributed by atoms with E-state index in [1.54, 1.807) is 12.3 Å². The Labute approximate surface area is 115 Å². The fraction of sp³-hybridized carbons (Fsp3) is 0.308. The number of aromatic nitrogens is 2. The van der Waals surface area contributed by atoms with E-state index in [9.17, 15) is 9.90 Å². The molecule has 0 aliphatic rings. The third-order valence-corrected chi connectivity index (χ3v) is 3.78. The second kappa shape index (κ2) is 4.97. The van der Waals surface area contributed by atoms with Crippen molar-refractivity contribution in [1.29, 1.82) is 0 Å². The predicted molar refractivity (Wildman–Crippen MR) is 74.7 cm³/mol. The number of pyridine rings is 1. The molecule has 0 aliphatic carbocycles. The van der Waals surface area contributed by atoms with Crippen molar-refractivity contribution in [3.8, 4) is 0 Å². The molecule has 2 N–H and O–H groups in total. The first-order valence-corrected chi connectivity index (χ1v) is 6.66. The molecule has 0 saturated carbocycles. The van der Waals surface area contributed by atoms with Gasteiger partial charge in [0.2, 0.25) is 0 Å². The van der Waals surface area contributed by atoms with E-state index < -0.39 is 11.5 Å². The third kappa shape index (κ3) is 2.90. The maximum absolute atomic E-state index is 11.2. The summed E-state index contributed by atoms with van der Waals surface area (Å²) in [5.41, 5.74) is 1.05. The molecular formula is C13H15N3O2S. The normalized spacial score (nSPS) is 11.3. The van der Waals surface area contributed by atoms with Crippen molar-refractivity contribution in [3.05, 3.63) is 40.1 Å². The number of hydrogen-bond donors (Lipinski definition) is 2. The molecule has 6 heteroatoms. The van der Waals surface area contributed by atoms with Crippen LogP contribution in [0.5, 0.6) is 0 Å². The molecule has 0 spiro atoms. The first-order valence-electron chi connectivity index (χ1n) is 5.78. The highest BCUT2D eigenvalue weighted by atomic mass is 32.1. The van der Waals surface area contributed by atoms with Gasteiger partial charge in [0.1, 0.15) is 10.6 Å². The Morgan fingerprint density at radius 2 is 2.16 bits per heavy atom. The number of carboxylic acids is 1. The Morgan fingerprint density at radius 1 is 1.42 bits per heavy atom. The van der Waals surface area contributed by atoms with Crippen LogP contribution in [-0.4, -0.2) is 21.0 Å². The molecular weight excluding hydrogens is 262 g/mol. The molecule has 2 aromatic heterocycles. The van der Waals surface area contributed by atoms with E-state index in [4.69, 9.17) is 0 Å². The molecule has 2 heterocycles. The van der Waals surface area contributed by atoms with E-state index in [2.05, 4.69) is 15.3 Å². The maximum Gasteiger partial charge on any atom is 0.339 e. The van der Waals surface area contributed by atoms with Crippen LogP contribution in [-0.2, 0) is 5.54 Å². The number of thiazole rings is 1. The van der Waals surface area contributed by atoms with Gasteiger partial charge in [0.15, 0.2) is 0 Å². The van der Waals surface area contributed by atoms with Crippen molar-refractivity contribution in [2.75, 3.05) is 5.32 Å². The summed E-state index contributed by atoms with van der Waals surface area (Å²) in [4.78, 5) is 19.5. The fourth-order valence-electron chi connectivity index (χ4n) is 1.76. The second-order valence-electron chi connectivity index (χ2n) is 4.76. The molecule has 0 saturated heterocycles. The van der Waals surface area contributed by atoms with Crippen molar-refractivity contribution >= 4 is 23.0 Å². The molecule has 2 rings (SSSR count). The lowest BCUT2D eigenvalue weighted by molar-refractivity contribution is 0.0697. The van der Waals surface area contributed by atoms with Crippen LogP contribution in [0.25, 0.3) is 0 Å². The van der Waals surface area contributed by atoms with Crippen molar-refractivity contribution in [3.63, 3.8) is 0 Å². The number of anilines is 1. The molecule has 0 atom stereocenters. The molecule has 0 fully saturated rings. The van der Waals surface area contributed by atoms with E-state index in [0.717, 1.165) is 10.7 Å². The Bertz CT molecular complexity index is 594. The van der Waals surface area contributed by atoms with E-state index in [1.165, 1.54) is 17.5 Å². The summed E-state index contributed by atoms with van der Waals surface area (Å²) in [6.07, 6.45) is 3.11. The lowest BCUT2D eigenvalue weighted by Crippen LogP contribution is -2.28. The average Bonchev–Trinajstić information content (AvgIpc) is 2.81. The largest absolute Gasteiger partial charge is 0.478 e. The van der Waals surface area contributed by atoms with Gasteiger partial charge >= 0.3 is 5.97 Å². The van der Waals surface area contributed by atoms with Gasteiger partial charge in [0, 0.05) is 23.5 Å². The fourth-order valence-corrected chi connectivity index (χ4v) is 2.47. The number of carbonyl (C=O) groups is 1. The Balaban J connectivity index is 2.38. The summed E-state index contributed by atoms with van der Waals surface area (Å²) in [5.74, 6) is -0.995. The number of aryl methyl sites for hydroxylation is 1.